The van der Waals surface area contributed by atoms with Crippen LogP contribution in [0.2, 0.25) is 0 Å². The van der Waals surface area contributed by atoms with Gasteiger partial charge < -0.3 is 19.5 Å². The van der Waals surface area contributed by atoms with Crippen molar-refractivity contribution in [1.82, 2.24) is 5.32 Å². The van der Waals surface area contributed by atoms with E-state index < -0.39 is 5.60 Å². The minimum Gasteiger partial charge on any atom is -0.454 e. The van der Waals surface area contributed by atoms with Crippen molar-refractivity contribution in [1.29, 1.82) is 0 Å². The van der Waals surface area contributed by atoms with E-state index >= 15 is 0 Å². The molecule has 114 valence electrons. The average Bonchev–Trinajstić information content (AvgIpc) is 3.00. The Morgan fingerprint density at radius 2 is 1.95 bits per heavy atom. The summed E-state index contributed by atoms with van der Waals surface area (Å²) in [5, 5.41) is 2.79. The Hall–Kier alpha value is -2.50. The predicted molar refractivity (Wildman–Crippen MR) is 75.3 cm³/mol. The van der Waals surface area contributed by atoms with Crippen molar-refractivity contribution in [2.45, 2.75) is 31.8 Å². The van der Waals surface area contributed by atoms with E-state index in [4.69, 9.17) is 14.2 Å². The van der Waals surface area contributed by atoms with Crippen molar-refractivity contribution in [2.24, 2.45) is 0 Å². The molecule has 0 radical (unpaired) electrons. The van der Waals surface area contributed by atoms with Gasteiger partial charge in [0.2, 0.25) is 12.7 Å². The summed E-state index contributed by atoms with van der Waals surface area (Å²) in [7, 11) is 0. The molecule has 1 amide bonds. The number of fused-ring (bicyclic) bond motifs is 1. The molecular formula is C16H15NO5. The van der Waals surface area contributed by atoms with E-state index in [9.17, 15) is 9.59 Å². The second-order valence-corrected chi connectivity index (χ2v) is 6.11. The molecule has 6 heteroatoms. The van der Waals surface area contributed by atoms with E-state index in [1.54, 1.807) is 19.9 Å². The first-order valence-corrected chi connectivity index (χ1v) is 7.13. The summed E-state index contributed by atoms with van der Waals surface area (Å²) in [6, 6.07) is 5.49. The van der Waals surface area contributed by atoms with Crippen LogP contribution in [-0.2, 0) is 14.3 Å². The zero-order valence-electron chi connectivity index (χ0n) is 12.3. The van der Waals surface area contributed by atoms with Crippen LogP contribution < -0.4 is 14.8 Å². The Labute approximate surface area is 127 Å². The monoisotopic (exact) mass is 301 g/mol. The van der Waals surface area contributed by atoms with Crippen molar-refractivity contribution in [3.8, 4) is 11.5 Å². The molecule has 0 saturated carbocycles. The highest BCUT2D eigenvalue weighted by molar-refractivity contribution is 5.99. The van der Waals surface area contributed by atoms with Gasteiger partial charge in [0.05, 0.1) is 11.3 Å². The number of hydrogen-bond donors (Lipinski definition) is 1. The van der Waals surface area contributed by atoms with E-state index in [0.29, 0.717) is 22.8 Å². The van der Waals surface area contributed by atoms with Crippen LogP contribution in [0.5, 0.6) is 11.5 Å². The number of cyclic esters (lactones) is 1. The van der Waals surface area contributed by atoms with Gasteiger partial charge in [0.25, 0.3) is 0 Å². The molecule has 0 fully saturated rings. The minimum absolute atomic E-state index is 0.118. The number of ether oxygens (including phenoxy) is 3. The van der Waals surface area contributed by atoms with Crippen molar-refractivity contribution < 1.29 is 23.8 Å². The zero-order chi connectivity index (χ0) is 15.5. The molecule has 1 aromatic carbocycles. The van der Waals surface area contributed by atoms with Gasteiger partial charge in [-0.2, -0.15) is 0 Å². The summed E-state index contributed by atoms with van der Waals surface area (Å²) in [4.78, 5) is 24.3. The topological polar surface area (TPSA) is 73.9 Å². The molecule has 4 rings (SSSR count). The number of rotatable bonds is 1. The maximum absolute atomic E-state index is 12.3. The Morgan fingerprint density at radius 1 is 1.18 bits per heavy atom. The number of benzene rings is 1. The number of amides is 1. The summed E-state index contributed by atoms with van der Waals surface area (Å²) < 4.78 is 16.1. The first-order valence-electron chi connectivity index (χ1n) is 7.13. The number of carbonyl (C=O) groups is 2. The van der Waals surface area contributed by atoms with Crippen LogP contribution >= 0.6 is 0 Å². The number of nitrogens with one attached hydrogen (secondary N) is 1. The van der Waals surface area contributed by atoms with Gasteiger partial charge in [0, 0.05) is 12.3 Å². The fraction of sp³-hybridized carbons (Fsp3) is 0.375. The van der Waals surface area contributed by atoms with Crippen LogP contribution in [0.25, 0.3) is 0 Å². The fourth-order valence-corrected chi connectivity index (χ4v) is 3.19. The molecule has 1 atom stereocenters. The summed E-state index contributed by atoms with van der Waals surface area (Å²) in [5.74, 6) is 0.492. The van der Waals surface area contributed by atoms with Gasteiger partial charge >= 0.3 is 5.97 Å². The lowest BCUT2D eigenvalue weighted by Crippen LogP contribution is -2.38. The SMILES string of the molecule is CC1(C)OC(=O)C2=C1NC(=O)CC2c1ccc2c(c1)OCO2. The molecule has 0 bridgehead atoms. The van der Waals surface area contributed by atoms with Crippen molar-refractivity contribution in [3.05, 3.63) is 35.0 Å². The molecule has 0 saturated heterocycles. The average molecular weight is 301 g/mol. The normalized spacial score (nSPS) is 24.9. The summed E-state index contributed by atoms with van der Waals surface area (Å²) in [6.45, 7) is 3.73. The second kappa shape index (κ2) is 4.25. The van der Waals surface area contributed by atoms with Gasteiger partial charge in [0.15, 0.2) is 11.5 Å². The quantitative estimate of drug-likeness (QED) is 0.798. The highest BCUT2D eigenvalue weighted by atomic mass is 16.7. The van der Waals surface area contributed by atoms with Crippen LogP contribution in [0.15, 0.2) is 29.5 Å². The lowest BCUT2D eigenvalue weighted by Gasteiger charge is -2.27. The van der Waals surface area contributed by atoms with E-state index in [2.05, 4.69) is 5.32 Å². The lowest BCUT2D eigenvalue weighted by molar-refractivity contribution is -0.144. The first-order chi connectivity index (χ1) is 10.5. The summed E-state index contributed by atoms with van der Waals surface area (Å²) >= 11 is 0. The smallest absolute Gasteiger partial charge is 0.337 e. The Morgan fingerprint density at radius 3 is 2.77 bits per heavy atom. The van der Waals surface area contributed by atoms with Crippen LogP contribution in [0, 0.1) is 0 Å². The summed E-state index contributed by atoms with van der Waals surface area (Å²) in [5.41, 5.74) is 1.14. The largest absolute Gasteiger partial charge is 0.454 e. The van der Waals surface area contributed by atoms with Gasteiger partial charge in [-0.1, -0.05) is 6.07 Å². The minimum atomic E-state index is -0.808. The van der Waals surface area contributed by atoms with Gasteiger partial charge in [-0.25, -0.2) is 4.79 Å². The van der Waals surface area contributed by atoms with Gasteiger partial charge in [-0.05, 0) is 31.5 Å². The molecule has 1 unspecified atom stereocenters. The Bertz CT molecular complexity index is 734. The number of carbonyl (C=O) groups excluding carboxylic acids is 2. The third kappa shape index (κ3) is 1.80. The Kier molecular flexibility index (Phi) is 2.55. The van der Waals surface area contributed by atoms with Crippen molar-refractivity contribution in [2.75, 3.05) is 6.79 Å². The molecule has 3 heterocycles. The zero-order valence-corrected chi connectivity index (χ0v) is 12.3. The van der Waals surface area contributed by atoms with Crippen molar-refractivity contribution >= 4 is 11.9 Å². The molecule has 6 nitrogen and oxygen atoms in total. The van der Waals surface area contributed by atoms with Crippen LogP contribution in [0.1, 0.15) is 31.7 Å². The third-order valence-electron chi connectivity index (χ3n) is 4.24. The molecule has 0 spiro atoms. The molecule has 3 aliphatic heterocycles. The third-order valence-corrected chi connectivity index (χ3v) is 4.24. The molecule has 3 aliphatic rings. The number of esters is 1. The molecular weight excluding hydrogens is 286 g/mol. The molecule has 1 aromatic rings. The van der Waals surface area contributed by atoms with Crippen LogP contribution in [-0.4, -0.2) is 24.3 Å². The standard InChI is InChI=1S/C16H15NO5/c1-16(2)14-13(15(19)22-16)9(6-12(18)17-14)8-3-4-10-11(5-8)21-7-20-10/h3-5,9H,6-7H2,1-2H3,(H,17,18). The molecule has 1 N–H and O–H groups in total. The maximum Gasteiger partial charge on any atom is 0.337 e. The maximum atomic E-state index is 12.3. The first kappa shape index (κ1) is 13.2. The molecule has 0 aliphatic carbocycles. The highest BCUT2D eigenvalue weighted by Gasteiger charge is 2.47. The summed E-state index contributed by atoms with van der Waals surface area (Å²) in [6.07, 6.45) is 0.212. The van der Waals surface area contributed by atoms with E-state index in [0.717, 1.165) is 5.56 Å². The van der Waals surface area contributed by atoms with Crippen LogP contribution in [0.3, 0.4) is 0 Å². The van der Waals surface area contributed by atoms with Gasteiger partial charge in [-0.15, -0.1) is 0 Å². The highest BCUT2D eigenvalue weighted by Crippen LogP contribution is 2.44. The Balaban J connectivity index is 1.82. The molecule has 0 aromatic heterocycles. The molecule has 22 heavy (non-hydrogen) atoms. The van der Waals surface area contributed by atoms with E-state index in [-0.39, 0.29) is 31.0 Å². The fourth-order valence-electron chi connectivity index (χ4n) is 3.19. The lowest BCUT2D eigenvalue weighted by atomic mass is 9.83. The second-order valence-electron chi connectivity index (χ2n) is 6.11. The van der Waals surface area contributed by atoms with Crippen molar-refractivity contribution in [3.63, 3.8) is 0 Å². The van der Waals surface area contributed by atoms with Gasteiger partial charge in [-0.3, -0.25) is 4.79 Å². The van der Waals surface area contributed by atoms with Crippen LogP contribution in [0.4, 0.5) is 0 Å². The number of hydrogen-bond acceptors (Lipinski definition) is 5. The van der Waals surface area contributed by atoms with Gasteiger partial charge in [0.1, 0.15) is 5.60 Å². The van der Waals surface area contributed by atoms with E-state index in [1.165, 1.54) is 0 Å². The predicted octanol–water partition coefficient (Wildman–Crippen LogP) is 1.61. The van der Waals surface area contributed by atoms with E-state index in [1.807, 2.05) is 12.1 Å².